The van der Waals surface area contributed by atoms with Crippen LogP contribution in [0.3, 0.4) is 0 Å². The highest BCUT2D eigenvalue weighted by Crippen LogP contribution is 2.35. The summed E-state index contributed by atoms with van der Waals surface area (Å²) in [5.74, 6) is 0.522. The minimum atomic E-state index is -0.168. The van der Waals surface area contributed by atoms with E-state index in [2.05, 4.69) is 0 Å². The van der Waals surface area contributed by atoms with Crippen LogP contribution in [0.4, 0.5) is 5.13 Å². The van der Waals surface area contributed by atoms with Crippen LogP contribution >= 0.6 is 34.7 Å². The fraction of sp³-hybridized carbons (Fsp3) is 0.100. The van der Waals surface area contributed by atoms with Crippen molar-refractivity contribution in [2.45, 2.75) is 11.4 Å². The number of aromatic nitrogens is 1. The number of fused-ring (bicyclic) bond motifs is 1. The maximum Gasteiger partial charge on any atom is 0.260 e. The number of thioether (sulfide) groups is 1. The predicted molar refractivity (Wildman–Crippen MR) is 112 cm³/mol. The molecule has 0 saturated heterocycles. The molecule has 0 radical (unpaired) electrons. The number of benzene rings is 2. The number of nitrogens with zero attached hydrogens (tertiary/aromatic N) is 2. The van der Waals surface area contributed by atoms with Crippen LogP contribution in [0.5, 0.6) is 0 Å². The van der Waals surface area contributed by atoms with Crippen molar-refractivity contribution >= 4 is 56.0 Å². The van der Waals surface area contributed by atoms with Gasteiger partial charge in [-0.3, -0.25) is 9.69 Å². The van der Waals surface area contributed by atoms with Crippen LogP contribution in [-0.4, -0.2) is 17.1 Å². The van der Waals surface area contributed by atoms with Crippen molar-refractivity contribution < 1.29 is 9.21 Å². The topological polar surface area (TPSA) is 46.3 Å². The predicted octanol–water partition coefficient (Wildman–Crippen LogP) is 6.11. The Morgan fingerprint density at radius 2 is 2.07 bits per heavy atom. The maximum atomic E-state index is 13.2. The summed E-state index contributed by atoms with van der Waals surface area (Å²) >= 11 is 9.21. The number of amides is 1. The summed E-state index contributed by atoms with van der Waals surface area (Å²) in [6.07, 6.45) is 3.62. The van der Waals surface area contributed by atoms with Gasteiger partial charge in [0, 0.05) is 15.5 Å². The highest BCUT2D eigenvalue weighted by Gasteiger charge is 2.23. The zero-order chi connectivity index (χ0) is 18.8. The normalized spacial score (nSPS) is 11.0. The van der Waals surface area contributed by atoms with Crippen LogP contribution in [0.25, 0.3) is 10.2 Å². The number of halogens is 1. The number of rotatable bonds is 5. The summed E-state index contributed by atoms with van der Waals surface area (Å²) < 4.78 is 6.51. The number of hydrogen-bond donors (Lipinski definition) is 0. The molecule has 4 nitrogen and oxygen atoms in total. The Balaban J connectivity index is 1.79. The Hall–Kier alpha value is -2.28. The highest BCUT2D eigenvalue weighted by atomic mass is 35.5. The van der Waals surface area contributed by atoms with Gasteiger partial charge in [0.2, 0.25) is 0 Å². The fourth-order valence-corrected chi connectivity index (χ4v) is 4.56. The van der Waals surface area contributed by atoms with Gasteiger partial charge < -0.3 is 4.42 Å². The van der Waals surface area contributed by atoms with Crippen molar-refractivity contribution in [2.24, 2.45) is 0 Å². The highest BCUT2D eigenvalue weighted by molar-refractivity contribution is 7.98. The number of anilines is 1. The molecule has 0 spiro atoms. The van der Waals surface area contributed by atoms with E-state index in [0.29, 0.717) is 28.0 Å². The molecule has 2 aromatic carbocycles. The molecule has 0 N–H and O–H groups in total. The van der Waals surface area contributed by atoms with E-state index in [1.54, 1.807) is 47.2 Å². The Labute approximate surface area is 169 Å². The van der Waals surface area contributed by atoms with Crippen LogP contribution in [0.15, 0.2) is 70.2 Å². The molecule has 0 aliphatic carbocycles. The second-order valence-electron chi connectivity index (χ2n) is 5.78. The summed E-state index contributed by atoms with van der Waals surface area (Å²) in [7, 11) is 0. The van der Waals surface area contributed by atoms with Crippen LogP contribution < -0.4 is 4.90 Å². The second kappa shape index (κ2) is 7.76. The standard InChI is InChI=1S/C20H15ClN2O2S2/c1-26-16-8-3-9-17-18(16)22-20(27-17)23(12-15-7-4-10-25-15)19(24)13-5-2-6-14(21)11-13/h2-11H,12H2,1H3. The van der Waals surface area contributed by atoms with Crippen molar-refractivity contribution in [2.75, 3.05) is 11.2 Å². The molecule has 0 aliphatic rings. The maximum absolute atomic E-state index is 13.2. The van der Waals surface area contributed by atoms with Gasteiger partial charge in [0.1, 0.15) is 5.76 Å². The first-order valence-electron chi connectivity index (χ1n) is 8.19. The molecule has 136 valence electrons. The third kappa shape index (κ3) is 3.74. The average molecular weight is 415 g/mol. The molecule has 0 unspecified atom stereocenters. The van der Waals surface area contributed by atoms with E-state index in [1.807, 2.05) is 36.6 Å². The molecule has 0 aliphatic heterocycles. The number of para-hydroxylation sites is 1. The molecule has 0 saturated carbocycles. The first-order valence-corrected chi connectivity index (χ1v) is 10.6. The van der Waals surface area contributed by atoms with Gasteiger partial charge in [-0.25, -0.2) is 4.98 Å². The van der Waals surface area contributed by atoms with Crippen LogP contribution in [0, 0.1) is 0 Å². The van der Waals surface area contributed by atoms with Crippen molar-refractivity contribution in [3.05, 3.63) is 77.2 Å². The number of thiazole rings is 1. The van der Waals surface area contributed by atoms with Crippen LogP contribution in [0.2, 0.25) is 5.02 Å². The number of carbonyl (C=O) groups excluding carboxylic acids is 1. The lowest BCUT2D eigenvalue weighted by atomic mass is 10.2. The van der Waals surface area contributed by atoms with Crippen molar-refractivity contribution in [3.8, 4) is 0 Å². The zero-order valence-electron chi connectivity index (χ0n) is 14.4. The van der Waals surface area contributed by atoms with Crippen molar-refractivity contribution in [3.63, 3.8) is 0 Å². The van der Waals surface area contributed by atoms with Gasteiger partial charge in [0.25, 0.3) is 5.91 Å². The monoisotopic (exact) mass is 414 g/mol. The number of carbonyl (C=O) groups is 1. The van der Waals surface area contributed by atoms with E-state index in [9.17, 15) is 4.79 Å². The minimum Gasteiger partial charge on any atom is -0.467 e. The first kappa shape index (κ1) is 18.1. The molecule has 2 heterocycles. The molecule has 4 aromatic rings. The van der Waals surface area contributed by atoms with Crippen molar-refractivity contribution in [1.82, 2.24) is 4.98 Å². The summed E-state index contributed by atoms with van der Waals surface area (Å²) in [6.45, 7) is 0.298. The van der Waals surface area contributed by atoms with Gasteiger partial charge in [0.15, 0.2) is 5.13 Å². The molecule has 4 rings (SSSR count). The third-order valence-electron chi connectivity index (χ3n) is 4.03. The lowest BCUT2D eigenvalue weighted by molar-refractivity contribution is 0.0983. The van der Waals surface area contributed by atoms with Crippen LogP contribution in [-0.2, 0) is 6.54 Å². The Bertz CT molecular complexity index is 1090. The van der Waals surface area contributed by atoms with E-state index in [4.69, 9.17) is 21.0 Å². The minimum absolute atomic E-state index is 0.168. The number of hydrogen-bond acceptors (Lipinski definition) is 5. The summed E-state index contributed by atoms with van der Waals surface area (Å²) in [5.41, 5.74) is 1.42. The van der Waals surface area contributed by atoms with E-state index in [-0.39, 0.29) is 5.91 Å². The molecular weight excluding hydrogens is 400 g/mol. The zero-order valence-corrected chi connectivity index (χ0v) is 16.8. The first-order chi connectivity index (χ1) is 13.2. The van der Waals surface area contributed by atoms with E-state index in [1.165, 1.54) is 11.3 Å². The van der Waals surface area contributed by atoms with Gasteiger partial charge >= 0.3 is 0 Å². The Morgan fingerprint density at radius 3 is 2.81 bits per heavy atom. The smallest absolute Gasteiger partial charge is 0.260 e. The summed E-state index contributed by atoms with van der Waals surface area (Å²) in [4.78, 5) is 20.7. The average Bonchev–Trinajstić information content (AvgIpc) is 3.34. The quantitative estimate of drug-likeness (QED) is 0.369. The van der Waals surface area contributed by atoms with E-state index in [0.717, 1.165) is 15.1 Å². The van der Waals surface area contributed by atoms with Gasteiger partial charge in [0.05, 0.1) is 23.0 Å². The molecule has 7 heteroatoms. The molecule has 0 bridgehead atoms. The Kier molecular flexibility index (Phi) is 5.20. The largest absolute Gasteiger partial charge is 0.467 e. The second-order valence-corrected chi connectivity index (χ2v) is 8.08. The molecule has 0 fully saturated rings. The van der Waals surface area contributed by atoms with E-state index >= 15 is 0 Å². The van der Waals surface area contributed by atoms with Crippen LogP contribution in [0.1, 0.15) is 16.1 Å². The molecule has 27 heavy (non-hydrogen) atoms. The molecule has 1 amide bonds. The van der Waals surface area contributed by atoms with Gasteiger partial charge in [-0.2, -0.15) is 0 Å². The van der Waals surface area contributed by atoms with Gasteiger partial charge in [-0.15, -0.1) is 11.8 Å². The Morgan fingerprint density at radius 1 is 1.22 bits per heavy atom. The van der Waals surface area contributed by atoms with Gasteiger partial charge in [-0.1, -0.05) is 35.1 Å². The fourth-order valence-electron chi connectivity index (χ4n) is 2.75. The number of furan rings is 1. The molecule has 2 aromatic heterocycles. The lowest BCUT2D eigenvalue weighted by Crippen LogP contribution is -2.30. The SMILES string of the molecule is CSc1cccc2sc(N(Cc3ccco3)C(=O)c3cccc(Cl)c3)nc12. The summed E-state index contributed by atoms with van der Waals surface area (Å²) in [6, 6.07) is 16.6. The summed E-state index contributed by atoms with van der Waals surface area (Å²) in [5, 5.41) is 1.15. The van der Waals surface area contributed by atoms with Crippen molar-refractivity contribution in [1.29, 1.82) is 0 Å². The van der Waals surface area contributed by atoms with Gasteiger partial charge in [-0.05, 0) is 48.7 Å². The van der Waals surface area contributed by atoms with E-state index < -0.39 is 0 Å². The molecule has 0 atom stereocenters. The third-order valence-corrected chi connectivity index (χ3v) is 6.08. The lowest BCUT2D eigenvalue weighted by Gasteiger charge is -2.19. The molecular formula is C20H15ClN2O2S2.